The van der Waals surface area contributed by atoms with Crippen molar-refractivity contribution in [2.45, 2.75) is 43.6 Å². The van der Waals surface area contributed by atoms with Crippen LogP contribution in [0.3, 0.4) is 0 Å². The SMILES string of the molecule is CC12CCCCC1(c1ccccc1)Nc1ccccc12. The summed E-state index contributed by atoms with van der Waals surface area (Å²) in [4.78, 5) is 0. The van der Waals surface area contributed by atoms with Crippen LogP contribution in [0.1, 0.15) is 43.7 Å². The zero-order chi connectivity index (χ0) is 13.6. The number of benzene rings is 2. The molecule has 0 radical (unpaired) electrons. The van der Waals surface area contributed by atoms with Gasteiger partial charge in [0, 0.05) is 11.1 Å². The van der Waals surface area contributed by atoms with Gasteiger partial charge < -0.3 is 5.32 Å². The second-order valence-corrected chi connectivity index (χ2v) is 6.48. The van der Waals surface area contributed by atoms with Gasteiger partial charge in [-0.05, 0) is 30.0 Å². The fraction of sp³-hybridized carbons (Fsp3) is 0.368. The lowest BCUT2D eigenvalue weighted by atomic mass is 9.58. The van der Waals surface area contributed by atoms with E-state index in [9.17, 15) is 0 Å². The Morgan fingerprint density at radius 2 is 1.55 bits per heavy atom. The molecular weight excluding hydrogens is 242 g/mol. The average Bonchev–Trinajstić information content (AvgIpc) is 2.78. The van der Waals surface area contributed by atoms with Crippen molar-refractivity contribution in [1.29, 1.82) is 0 Å². The highest BCUT2D eigenvalue weighted by Gasteiger charge is 2.56. The molecule has 2 unspecified atom stereocenters. The van der Waals surface area contributed by atoms with E-state index in [0.29, 0.717) is 0 Å². The van der Waals surface area contributed by atoms with Gasteiger partial charge in [0.1, 0.15) is 0 Å². The molecule has 1 aliphatic heterocycles. The molecule has 1 heterocycles. The summed E-state index contributed by atoms with van der Waals surface area (Å²) in [6.45, 7) is 2.46. The summed E-state index contributed by atoms with van der Waals surface area (Å²) in [5, 5.41) is 3.91. The van der Waals surface area contributed by atoms with Crippen molar-refractivity contribution in [3.05, 3.63) is 65.7 Å². The summed E-state index contributed by atoms with van der Waals surface area (Å²) in [7, 11) is 0. The molecular formula is C19H21N. The standard InChI is InChI=1S/C19H21N/c1-18-13-7-8-14-19(18,15-9-3-2-4-10-15)20-17-12-6-5-11-16(17)18/h2-6,9-12,20H,7-8,13-14H2,1H3. The normalized spacial score (nSPS) is 31.2. The molecule has 0 aromatic heterocycles. The largest absolute Gasteiger partial charge is 0.374 e. The Kier molecular flexibility index (Phi) is 2.47. The van der Waals surface area contributed by atoms with Gasteiger partial charge >= 0.3 is 0 Å². The molecule has 102 valence electrons. The minimum Gasteiger partial charge on any atom is -0.374 e. The van der Waals surface area contributed by atoms with Crippen LogP contribution in [0, 0.1) is 0 Å². The maximum absolute atomic E-state index is 3.91. The first-order valence-corrected chi connectivity index (χ1v) is 7.70. The third-order valence-electron chi connectivity index (χ3n) is 5.56. The third kappa shape index (κ3) is 1.38. The predicted molar refractivity (Wildman–Crippen MR) is 84.0 cm³/mol. The van der Waals surface area contributed by atoms with Gasteiger partial charge in [-0.3, -0.25) is 0 Å². The second kappa shape index (κ2) is 4.12. The van der Waals surface area contributed by atoms with Crippen LogP contribution in [0.25, 0.3) is 0 Å². The summed E-state index contributed by atoms with van der Waals surface area (Å²) in [5.41, 5.74) is 4.57. The zero-order valence-electron chi connectivity index (χ0n) is 12.0. The minimum absolute atomic E-state index is 0.0796. The van der Waals surface area contributed by atoms with Crippen molar-refractivity contribution < 1.29 is 0 Å². The Morgan fingerprint density at radius 1 is 0.850 bits per heavy atom. The zero-order valence-corrected chi connectivity index (χ0v) is 12.0. The number of anilines is 1. The maximum Gasteiger partial charge on any atom is 0.0719 e. The van der Waals surface area contributed by atoms with Gasteiger partial charge in [0.2, 0.25) is 0 Å². The lowest BCUT2D eigenvalue weighted by molar-refractivity contribution is 0.196. The molecule has 1 fully saturated rings. The maximum atomic E-state index is 3.91. The minimum atomic E-state index is 0.0796. The van der Waals surface area contributed by atoms with Gasteiger partial charge in [-0.2, -0.15) is 0 Å². The Balaban J connectivity index is 1.95. The molecule has 1 aliphatic carbocycles. The summed E-state index contributed by atoms with van der Waals surface area (Å²) in [6, 6.07) is 19.9. The number of hydrogen-bond acceptors (Lipinski definition) is 1. The van der Waals surface area contributed by atoms with Gasteiger partial charge in [-0.15, -0.1) is 0 Å². The van der Waals surface area contributed by atoms with Crippen molar-refractivity contribution in [3.8, 4) is 0 Å². The van der Waals surface area contributed by atoms with E-state index >= 15 is 0 Å². The number of rotatable bonds is 1. The van der Waals surface area contributed by atoms with Crippen molar-refractivity contribution in [2.75, 3.05) is 5.32 Å². The highest BCUT2D eigenvalue weighted by molar-refractivity contribution is 5.66. The molecule has 1 nitrogen and oxygen atoms in total. The van der Waals surface area contributed by atoms with Gasteiger partial charge in [0.15, 0.2) is 0 Å². The van der Waals surface area contributed by atoms with Gasteiger partial charge in [-0.1, -0.05) is 68.3 Å². The van der Waals surface area contributed by atoms with E-state index in [-0.39, 0.29) is 11.0 Å². The fourth-order valence-corrected chi connectivity index (χ4v) is 4.48. The third-order valence-corrected chi connectivity index (χ3v) is 5.56. The number of nitrogens with one attached hydrogen (secondary N) is 1. The van der Waals surface area contributed by atoms with Crippen LogP contribution in [0.2, 0.25) is 0 Å². The number of fused-ring (bicyclic) bond motifs is 3. The Morgan fingerprint density at radius 3 is 2.40 bits per heavy atom. The first-order valence-electron chi connectivity index (χ1n) is 7.70. The molecule has 2 atom stereocenters. The van der Waals surface area contributed by atoms with Crippen molar-refractivity contribution in [1.82, 2.24) is 0 Å². The quantitative estimate of drug-likeness (QED) is 0.776. The summed E-state index contributed by atoms with van der Waals surface area (Å²) < 4.78 is 0. The van der Waals surface area contributed by atoms with Gasteiger partial charge in [0.25, 0.3) is 0 Å². The van der Waals surface area contributed by atoms with E-state index in [0.717, 1.165) is 0 Å². The predicted octanol–water partition coefficient (Wildman–Crippen LogP) is 4.84. The lowest BCUT2D eigenvalue weighted by Gasteiger charge is -2.48. The number of hydrogen-bond donors (Lipinski definition) is 1. The Labute approximate surface area is 121 Å². The highest BCUT2D eigenvalue weighted by atomic mass is 15.1. The van der Waals surface area contributed by atoms with Crippen molar-refractivity contribution in [2.24, 2.45) is 0 Å². The van der Waals surface area contributed by atoms with E-state index in [1.54, 1.807) is 0 Å². The molecule has 1 heteroatoms. The molecule has 0 saturated heterocycles. The first kappa shape index (κ1) is 12.0. The summed E-state index contributed by atoms with van der Waals surface area (Å²) in [5.74, 6) is 0. The molecule has 4 rings (SSSR count). The van der Waals surface area contributed by atoms with E-state index in [1.165, 1.54) is 42.5 Å². The topological polar surface area (TPSA) is 12.0 Å². The Hall–Kier alpha value is -1.76. The lowest BCUT2D eigenvalue weighted by Crippen LogP contribution is -2.50. The van der Waals surface area contributed by atoms with Crippen LogP contribution < -0.4 is 5.32 Å². The van der Waals surface area contributed by atoms with Crippen LogP contribution in [0.15, 0.2) is 54.6 Å². The van der Waals surface area contributed by atoms with Crippen LogP contribution in [-0.2, 0) is 11.0 Å². The fourth-order valence-electron chi connectivity index (χ4n) is 4.48. The monoisotopic (exact) mass is 263 g/mol. The summed E-state index contributed by atoms with van der Waals surface area (Å²) in [6.07, 6.45) is 5.14. The molecule has 0 spiro atoms. The van der Waals surface area contributed by atoms with E-state index < -0.39 is 0 Å². The van der Waals surface area contributed by atoms with Crippen LogP contribution in [0.5, 0.6) is 0 Å². The molecule has 0 bridgehead atoms. The number of para-hydroxylation sites is 1. The van der Waals surface area contributed by atoms with Crippen LogP contribution >= 0.6 is 0 Å². The second-order valence-electron chi connectivity index (χ2n) is 6.48. The molecule has 2 aromatic rings. The first-order chi connectivity index (χ1) is 9.76. The summed E-state index contributed by atoms with van der Waals surface area (Å²) >= 11 is 0. The molecule has 0 amide bonds. The molecule has 20 heavy (non-hydrogen) atoms. The Bertz CT molecular complexity index is 633. The van der Waals surface area contributed by atoms with E-state index in [1.807, 2.05) is 0 Å². The van der Waals surface area contributed by atoms with Gasteiger partial charge in [-0.25, -0.2) is 0 Å². The smallest absolute Gasteiger partial charge is 0.0719 e. The molecule has 2 aliphatic rings. The molecule has 1 N–H and O–H groups in total. The molecule has 2 aromatic carbocycles. The van der Waals surface area contributed by atoms with Crippen LogP contribution in [-0.4, -0.2) is 0 Å². The van der Waals surface area contributed by atoms with Crippen LogP contribution in [0.4, 0.5) is 5.69 Å². The average molecular weight is 263 g/mol. The van der Waals surface area contributed by atoms with Gasteiger partial charge in [0.05, 0.1) is 5.54 Å². The van der Waals surface area contributed by atoms with Crippen molar-refractivity contribution in [3.63, 3.8) is 0 Å². The van der Waals surface area contributed by atoms with E-state index in [4.69, 9.17) is 0 Å². The van der Waals surface area contributed by atoms with E-state index in [2.05, 4.69) is 66.8 Å². The van der Waals surface area contributed by atoms with Crippen molar-refractivity contribution >= 4 is 5.69 Å². The molecule has 1 saturated carbocycles. The highest BCUT2D eigenvalue weighted by Crippen LogP contribution is 2.59.